The van der Waals surface area contributed by atoms with Gasteiger partial charge in [-0.3, -0.25) is 4.68 Å². The van der Waals surface area contributed by atoms with E-state index in [4.69, 9.17) is 4.74 Å². The molecule has 0 atom stereocenters. The Morgan fingerprint density at radius 3 is 2.50 bits per heavy atom. The maximum atomic E-state index is 14.0. The zero-order chi connectivity index (χ0) is 14.9. The highest BCUT2D eigenvalue weighted by atomic mass is 19.1. The van der Waals surface area contributed by atoms with E-state index < -0.39 is 17.0 Å². The van der Waals surface area contributed by atoms with Crippen LogP contribution in [0, 0.1) is 11.6 Å². The van der Waals surface area contributed by atoms with Crippen LogP contribution in [0.2, 0.25) is 0 Å². The van der Waals surface area contributed by atoms with Crippen molar-refractivity contribution in [3.05, 3.63) is 47.3 Å². The topological polar surface area (TPSA) is 27.1 Å². The van der Waals surface area contributed by atoms with E-state index >= 15 is 0 Å². The van der Waals surface area contributed by atoms with Crippen LogP contribution in [0.5, 0.6) is 5.75 Å². The summed E-state index contributed by atoms with van der Waals surface area (Å²) in [5.41, 5.74) is 0.732. The largest absolute Gasteiger partial charge is 0.487 e. The Labute approximate surface area is 117 Å². The molecule has 0 amide bonds. The number of nitrogens with zero attached hydrogens (tertiary/aromatic N) is 2. The van der Waals surface area contributed by atoms with E-state index in [1.165, 1.54) is 6.07 Å². The van der Waals surface area contributed by atoms with Crippen molar-refractivity contribution in [2.24, 2.45) is 7.05 Å². The number of rotatable bonds is 3. The first-order valence-corrected chi connectivity index (χ1v) is 6.38. The first kappa shape index (κ1) is 14.5. The molecular formula is C15H18F2N2O. The van der Waals surface area contributed by atoms with Crippen LogP contribution in [-0.2, 0) is 19.1 Å². The molecule has 20 heavy (non-hydrogen) atoms. The van der Waals surface area contributed by atoms with Gasteiger partial charge in [-0.2, -0.15) is 5.10 Å². The third-order valence-electron chi connectivity index (χ3n) is 3.07. The Morgan fingerprint density at radius 2 is 1.95 bits per heavy atom. The summed E-state index contributed by atoms with van der Waals surface area (Å²) in [6.45, 7) is 5.79. The molecule has 5 heteroatoms. The van der Waals surface area contributed by atoms with Crippen molar-refractivity contribution in [1.82, 2.24) is 9.78 Å². The van der Waals surface area contributed by atoms with Gasteiger partial charge in [0, 0.05) is 30.9 Å². The highest BCUT2D eigenvalue weighted by Crippen LogP contribution is 2.34. The van der Waals surface area contributed by atoms with E-state index in [0.29, 0.717) is 5.56 Å². The van der Waals surface area contributed by atoms with Crippen LogP contribution in [0.3, 0.4) is 0 Å². The lowest BCUT2D eigenvalue weighted by Crippen LogP contribution is -2.16. The molecule has 2 rings (SSSR count). The van der Waals surface area contributed by atoms with Gasteiger partial charge in [-0.25, -0.2) is 8.78 Å². The quantitative estimate of drug-likeness (QED) is 0.859. The number of benzene rings is 1. The molecule has 2 aromatic rings. The molecule has 0 bridgehead atoms. The van der Waals surface area contributed by atoms with Crippen molar-refractivity contribution in [1.29, 1.82) is 0 Å². The fraction of sp³-hybridized carbons (Fsp3) is 0.400. The Morgan fingerprint density at radius 1 is 1.25 bits per heavy atom. The fourth-order valence-corrected chi connectivity index (χ4v) is 2.09. The molecule has 0 spiro atoms. The molecule has 0 unspecified atom stereocenters. The van der Waals surface area contributed by atoms with Gasteiger partial charge < -0.3 is 4.74 Å². The zero-order valence-corrected chi connectivity index (χ0v) is 12.1. The maximum Gasteiger partial charge on any atom is 0.133 e. The minimum Gasteiger partial charge on any atom is -0.487 e. The van der Waals surface area contributed by atoms with Crippen LogP contribution in [0.25, 0.3) is 0 Å². The summed E-state index contributed by atoms with van der Waals surface area (Å²) >= 11 is 0. The van der Waals surface area contributed by atoms with Gasteiger partial charge in [-0.05, 0) is 11.5 Å². The lowest BCUT2D eigenvalue weighted by atomic mass is 9.86. The lowest BCUT2D eigenvalue weighted by molar-refractivity contribution is 0.282. The van der Waals surface area contributed by atoms with Crippen LogP contribution in [0.1, 0.15) is 32.0 Å². The van der Waals surface area contributed by atoms with Gasteiger partial charge in [0.2, 0.25) is 0 Å². The summed E-state index contributed by atoms with van der Waals surface area (Å²) in [5.74, 6) is -0.996. The highest BCUT2D eigenvalue weighted by Gasteiger charge is 2.24. The molecule has 1 aromatic heterocycles. The standard InChI is InChI=1S/C15H18F2N2O/c1-15(2,3)14-12(17)7-10(16)8-13(14)20-9-11-5-6-18-19(11)4/h5-8H,9H2,1-4H3. The van der Waals surface area contributed by atoms with Crippen LogP contribution in [-0.4, -0.2) is 9.78 Å². The first-order valence-electron chi connectivity index (χ1n) is 6.38. The normalized spacial score (nSPS) is 11.7. The van der Waals surface area contributed by atoms with Gasteiger partial charge in [0.05, 0.1) is 5.69 Å². The Balaban J connectivity index is 2.33. The number of aryl methyl sites for hydroxylation is 1. The van der Waals surface area contributed by atoms with Gasteiger partial charge in [0.25, 0.3) is 0 Å². The van der Waals surface area contributed by atoms with Crippen molar-refractivity contribution >= 4 is 0 Å². The first-order chi connectivity index (χ1) is 9.29. The molecule has 1 heterocycles. The van der Waals surface area contributed by atoms with Gasteiger partial charge >= 0.3 is 0 Å². The molecule has 0 N–H and O–H groups in total. The number of hydrogen-bond acceptors (Lipinski definition) is 2. The summed E-state index contributed by atoms with van der Waals surface area (Å²) in [7, 11) is 1.79. The third kappa shape index (κ3) is 2.98. The average Bonchev–Trinajstić information content (AvgIpc) is 2.69. The Hall–Kier alpha value is -1.91. The average molecular weight is 280 g/mol. The van der Waals surface area contributed by atoms with Crippen molar-refractivity contribution in [3.8, 4) is 5.75 Å². The third-order valence-corrected chi connectivity index (χ3v) is 3.07. The van der Waals surface area contributed by atoms with Gasteiger partial charge in [0.15, 0.2) is 0 Å². The molecule has 0 aliphatic heterocycles. The minimum absolute atomic E-state index is 0.211. The number of ether oxygens (including phenoxy) is 1. The highest BCUT2D eigenvalue weighted by molar-refractivity contribution is 5.40. The summed E-state index contributed by atoms with van der Waals surface area (Å²) in [6, 6.07) is 3.91. The summed E-state index contributed by atoms with van der Waals surface area (Å²) < 4.78 is 34.7. The SMILES string of the molecule is Cn1nccc1COc1cc(F)cc(F)c1C(C)(C)C. The smallest absolute Gasteiger partial charge is 0.133 e. The van der Waals surface area contributed by atoms with E-state index in [2.05, 4.69) is 5.10 Å². The van der Waals surface area contributed by atoms with E-state index in [-0.39, 0.29) is 12.4 Å². The lowest BCUT2D eigenvalue weighted by Gasteiger charge is -2.23. The number of halogens is 2. The van der Waals surface area contributed by atoms with Crippen molar-refractivity contribution in [2.45, 2.75) is 32.8 Å². The summed E-state index contributed by atoms with van der Waals surface area (Å²) in [6.07, 6.45) is 1.65. The van der Waals surface area contributed by atoms with E-state index in [1.807, 2.05) is 20.8 Å². The zero-order valence-electron chi connectivity index (χ0n) is 12.1. The number of hydrogen-bond donors (Lipinski definition) is 0. The predicted molar refractivity (Wildman–Crippen MR) is 72.6 cm³/mol. The monoisotopic (exact) mass is 280 g/mol. The minimum atomic E-state index is -0.643. The Kier molecular flexibility index (Phi) is 3.79. The summed E-state index contributed by atoms with van der Waals surface area (Å²) in [4.78, 5) is 0. The molecule has 108 valence electrons. The van der Waals surface area contributed by atoms with Crippen molar-refractivity contribution < 1.29 is 13.5 Å². The van der Waals surface area contributed by atoms with Gasteiger partial charge in [0.1, 0.15) is 24.0 Å². The molecule has 3 nitrogen and oxygen atoms in total. The van der Waals surface area contributed by atoms with Crippen molar-refractivity contribution in [3.63, 3.8) is 0 Å². The van der Waals surface area contributed by atoms with Gasteiger partial charge in [-0.15, -0.1) is 0 Å². The van der Waals surface area contributed by atoms with Crippen LogP contribution >= 0.6 is 0 Å². The molecule has 0 aliphatic rings. The van der Waals surface area contributed by atoms with Crippen LogP contribution in [0.15, 0.2) is 24.4 Å². The second-order valence-corrected chi connectivity index (χ2v) is 5.75. The molecule has 1 aromatic carbocycles. The summed E-state index contributed by atoms with van der Waals surface area (Å²) in [5, 5.41) is 4.02. The number of aromatic nitrogens is 2. The molecule has 0 fully saturated rings. The van der Waals surface area contributed by atoms with E-state index in [9.17, 15) is 8.78 Å². The van der Waals surface area contributed by atoms with Gasteiger partial charge in [-0.1, -0.05) is 20.8 Å². The molecule has 0 radical (unpaired) electrons. The van der Waals surface area contributed by atoms with E-state index in [1.54, 1.807) is 24.0 Å². The second-order valence-electron chi connectivity index (χ2n) is 5.75. The van der Waals surface area contributed by atoms with Crippen molar-refractivity contribution in [2.75, 3.05) is 0 Å². The molecule has 0 saturated carbocycles. The van der Waals surface area contributed by atoms with E-state index in [0.717, 1.165) is 11.8 Å². The molecular weight excluding hydrogens is 262 g/mol. The molecule has 0 aliphatic carbocycles. The Bertz CT molecular complexity index is 615. The fourth-order valence-electron chi connectivity index (χ4n) is 2.09. The maximum absolute atomic E-state index is 14.0. The van der Waals surface area contributed by atoms with Crippen LogP contribution in [0.4, 0.5) is 8.78 Å². The second kappa shape index (κ2) is 5.23. The molecule has 0 saturated heterocycles. The van der Waals surface area contributed by atoms with Crippen LogP contribution < -0.4 is 4.74 Å². The predicted octanol–water partition coefficient (Wildman–Crippen LogP) is 3.57.